The average molecular weight is 542 g/mol. The molecule has 30 heavy (non-hydrogen) atoms. The van der Waals surface area contributed by atoms with Crippen LogP contribution in [-0.4, -0.2) is 56.9 Å². The van der Waals surface area contributed by atoms with Gasteiger partial charge in [-0.15, -0.1) is 24.0 Å². The Kier molecular flexibility index (Phi) is 11.2. The lowest BCUT2D eigenvalue weighted by atomic mass is 10.1. The molecule has 2 atom stereocenters. The van der Waals surface area contributed by atoms with Gasteiger partial charge in [-0.1, -0.05) is 26.0 Å². The van der Waals surface area contributed by atoms with Gasteiger partial charge < -0.3 is 15.4 Å². The molecule has 5 nitrogen and oxygen atoms in total. The van der Waals surface area contributed by atoms with Crippen LogP contribution in [0.4, 0.5) is 13.2 Å². The van der Waals surface area contributed by atoms with Gasteiger partial charge in [0.1, 0.15) is 5.75 Å². The molecule has 9 heteroatoms. The Balaban J connectivity index is 0.00000450. The van der Waals surface area contributed by atoms with Gasteiger partial charge in [-0.05, 0) is 49.4 Å². The first-order valence-corrected chi connectivity index (χ1v) is 10.2. The molecule has 0 aliphatic carbocycles. The van der Waals surface area contributed by atoms with Crippen LogP contribution in [0.1, 0.15) is 38.8 Å². The van der Waals surface area contributed by atoms with Gasteiger partial charge in [0.15, 0.2) is 5.96 Å². The number of rotatable bonds is 8. The number of aliphatic imine (C=N–C) groups is 1. The van der Waals surface area contributed by atoms with Gasteiger partial charge in [-0.3, -0.25) is 9.89 Å². The number of benzene rings is 1. The van der Waals surface area contributed by atoms with E-state index in [-0.39, 0.29) is 35.9 Å². The molecule has 2 N–H and O–H groups in total. The number of hydrogen-bond donors (Lipinski definition) is 2. The van der Waals surface area contributed by atoms with Gasteiger partial charge in [0.2, 0.25) is 0 Å². The molecule has 172 valence electrons. The highest BCUT2D eigenvalue weighted by Gasteiger charge is 2.34. The number of guanidine groups is 1. The lowest BCUT2D eigenvalue weighted by molar-refractivity contribution is -0.143. The summed E-state index contributed by atoms with van der Waals surface area (Å²) in [4.78, 5) is 5.70. The third-order valence-electron chi connectivity index (χ3n) is 4.87. The summed E-state index contributed by atoms with van der Waals surface area (Å²) < 4.78 is 43.3. The molecule has 2 unspecified atom stereocenters. The molecule has 2 rings (SSSR count). The molecular formula is C21H34F3IN4O. The molecule has 0 radical (unpaired) electrons. The molecule has 0 aromatic heterocycles. The van der Waals surface area contributed by atoms with E-state index in [1.807, 2.05) is 31.2 Å². The van der Waals surface area contributed by atoms with Gasteiger partial charge in [0.25, 0.3) is 0 Å². The first kappa shape index (κ1) is 26.8. The van der Waals surface area contributed by atoms with E-state index in [4.69, 9.17) is 4.74 Å². The molecular weight excluding hydrogens is 508 g/mol. The fraction of sp³-hybridized carbons (Fsp3) is 0.667. The zero-order valence-corrected chi connectivity index (χ0v) is 20.5. The summed E-state index contributed by atoms with van der Waals surface area (Å²) >= 11 is 0. The van der Waals surface area contributed by atoms with Crippen LogP contribution in [0.25, 0.3) is 0 Å². The first-order chi connectivity index (χ1) is 13.7. The third kappa shape index (κ3) is 9.72. The van der Waals surface area contributed by atoms with Gasteiger partial charge in [0, 0.05) is 20.1 Å². The van der Waals surface area contributed by atoms with Gasteiger partial charge in [0.05, 0.1) is 19.2 Å². The van der Waals surface area contributed by atoms with E-state index in [1.165, 1.54) is 4.90 Å². The van der Waals surface area contributed by atoms with Crippen LogP contribution in [0.15, 0.2) is 29.3 Å². The fourth-order valence-corrected chi connectivity index (χ4v) is 3.32. The maximum absolute atomic E-state index is 12.5. The average Bonchev–Trinajstić information content (AvgIpc) is 3.09. The van der Waals surface area contributed by atoms with E-state index in [9.17, 15) is 13.2 Å². The summed E-state index contributed by atoms with van der Waals surface area (Å²) in [7, 11) is 1.69. The Labute approximate surface area is 194 Å². The van der Waals surface area contributed by atoms with Crippen molar-refractivity contribution >= 4 is 29.9 Å². The number of alkyl halides is 3. The smallest absolute Gasteiger partial charge is 0.401 e. The van der Waals surface area contributed by atoms with Crippen LogP contribution < -0.4 is 15.4 Å². The molecule has 1 fully saturated rings. The molecule has 1 aliphatic heterocycles. The van der Waals surface area contributed by atoms with Crippen LogP contribution in [-0.2, 0) is 0 Å². The van der Waals surface area contributed by atoms with Crippen molar-refractivity contribution in [1.29, 1.82) is 0 Å². The normalized spacial score (nSPS) is 18.8. The van der Waals surface area contributed by atoms with Gasteiger partial charge >= 0.3 is 6.18 Å². The lowest BCUT2D eigenvalue weighted by Gasteiger charge is -2.21. The Bertz CT molecular complexity index is 653. The van der Waals surface area contributed by atoms with Crippen molar-refractivity contribution in [2.45, 2.75) is 39.4 Å². The molecule has 0 amide bonds. The SMILES string of the molecule is CN=C(NCC1CCN(CC(F)(F)F)C1)NC(C)c1ccc(OCC(C)C)cc1.I. The molecule has 0 spiro atoms. The predicted molar refractivity (Wildman–Crippen MR) is 126 cm³/mol. The minimum Gasteiger partial charge on any atom is -0.493 e. The fourth-order valence-electron chi connectivity index (χ4n) is 3.32. The first-order valence-electron chi connectivity index (χ1n) is 10.2. The van der Waals surface area contributed by atoms with Crippen LogP contribution >= 0.6 is 24.0 Å². The minimum absolute atomic E-state index is 0. The van der Waals surface area contributed by atoms with E-state index in [1.54, 1.807) is 7.05 Å². The molecule has 1 aromatic carbocycles. The second kappa shape index (κ2) is 12.6. The van der Waals surface area contributed by atoms with Crippen molar-refractivity contribution in [3.8, 4) is 5.75 Å². The number of ether oxygens (including phenoxy) is 1. The number of nitrogens with zero attached hydrogens (tertiary/aromatic N) is 2. The van der Waals surface area contributed by atoms with Crippen LogP contribution in [0, 0.1) is 11.8 Å². The molecule has 1 aliphatic rings. The Morgan fingerprint density at radius 3 is 2.47 bits per heavy atom. The summed E-state index contributed by atoms with van der Waals surface area (Å²) in [6.07, 6.45) is -3.38. The predicted octanol–water partition coefficient (Wildman–Crippen LogP) is 4.45. The largest absolute Gasteiger partial charge is 0.493 e. The highest BCUT2D eigenvalue weighted by molar-refractivity contribution is 14.0. The second-order valence-corrected chi connectivity index (χ2v) is 8.10. The molecule has 1 aromatic rings. The minimum atomic E-state index is -4.13. The van der Waals surface area contributed by atoms with Crippen molar-refractivity contribution < 1.29 is 17.9 Å². The van der Waals surface area contributed by atoms with Crippen LogP contribution in [0.5, 0.6) is 5.75 Å². The number of nitrogens with one attached hydrogen (secondary N) is 2. The number of hydrogen-bond acceptors (Lipinski definition) is 3. The molecule has 0 bridgehead atoms. The van der Waals surface area contributed by atoms with Crippen molar-refractivity contribution in [2.75, 3.05) is 39.8 Å². The van der Waals surface area contributed by atoms with E-state index >= 15 is 0 Å². The van der Waals surface area contributed by atoms with Gasteiger partial charge in [-0.25, -0.2) is 0 Å². The zero-order chi connectivity index (χ0) is 21.4. The standard InChI is InChI=1S/C21H33F3N4O.HI/c1-15(2)13-29-19-7-5-18(6-8-19)16(3)27-20(25-4)26-11-17-9-10-28(12-17)14-21(22,23)24;/h5-8,15-17H,9-14H2,1-4H3,(H2,25,26,27);1H. The zero-order valence-electron chi connectivity index (χ0n) is 18.1. The Morgan fingerprint density at radius 1 is 1.23 bits per heavy atom. The Hall–Kier alpha value is -1.23. The lowest BCUT2D eigenvalue weighted by Crippen LogP contribution is -2.41. The van der Waals surface area contributed by atoms with Crippen molar-refractivity contribution in [2.24, 2.45) is 16.8 Å². The molecule has 1 heterocycles. The summed E-state index contributed by atoms with van der Waals surface area (Å²) in [5.41, 5.74) is 1.10. The second-order valence-electron chi connectivity index (χ2n) is 8.10. The Morgan fingerprint density at radius 2 is 1.90 bits per heavy atom. The van der Waals surface area contributed by atoms with Gasteiger partial charge in [-0.2, -0.15) is 13.2 Å². The highest BCUT2D eigenvalue weighted by Crippen LogP contribution is 2.22. The van der Waals surface area contributed by atoms with E-state index in [2.05, 4.69) is 29.5 Å². The topological polar surface area (TPSA) is 48.9 Å². The maximum Gasteiger partial charge on any atom is 0.401 e. The van der Waals surface area contributed by atoms with Crippen LogP contribution in [0.3, 0.4) is 0 Å². The van der Waals surface area contributed by atoms with E-state index in [0.29, 0.717) is 38.1 Å². The third-order valence-corrected chi connectivity index (χ3v) is 4.87. The maximum atomic E-state index is 12.5. The van der Waals surface area contributed by atoms with Crippen molar-refractivity contribution in [3.63, 3.8) is 0 Å². The van der Waals surface area contributed by atoms with Crippen LogP contribution in [0.2, 0.25) is 0 Å². The quantitative estimate of drug-likeness (QED) is 0.290. The summed E-state index contributed by atoms with van der Waals surface area (Å²) in [6, 6.07) is 7.99. The summed E-state index contributed by atoms with van der Waals surface area (Å²) in [5, 5.41) is 6.58. The highest BCUT2D eigenvalue weighted by atomic mass is 127. The van der Waals surface area contributed by atoms with E-state index < -0.39 is 12.7 Å². The molecule has 0 saturated carbocycles. The number of halogens is 4. The van der Waals surface area contributed by atoms with Crippen molar-refractivity contribution in [1.82, 2.24) is 15.5 Å². The number of likely N-dealkylation sites (tertiary alicyclic amines) is 1. The van der Waals surface area contributed by atoms with Crippen molar-refractivity contribution in [3.05, 3.63) is 29.8 Å². The summed E-state index contributed by atoms with van der Waals surface area (Å²) in [6.45, 7) is 7.66. The summed E-state index contributed by atoms with van der Waals surface area (Å²) in [5.74, 6) is 2.15. The monoisotopic (exact) mass is 542 g/mol. The molecule has 1 saturated heterocycles. The van der Waals surface area contributed by atoms with E-state index in [0.717, 1.165) is 17.7 Å².